The average molecular weight is 243 g/mol. The van der Waals surface area contributed by atoms with Gasteiger partial charge in [-0.25, -0.2) is 8.78 Å². The van der Waals surface area contributed by atoms with E-state index >= 15 is 0 Å². The van der Waals surface area contributed by atoms with Gasteiger partial charge < -0.3 is 5.73 Å². The van der Waals surface area contributed by atoms with E-state index in [0.29, 0.717) is 15.8 Å². The molecule has 2 N–H and O–H groups in total. The van der Waals surface area contributed by atoms with Crippen LogP contribution in [0.1, 0.15) is 37.7 Å². The molecule has 1 nitrogen and oxygen atoms in total. The SMILES string of the molecule is Nc1ccc(SC2CCCC2)c(C(F)F)c1. The number of hydrogen-bond acceptors (Lipinski definition) is 2. The van der Waals surface area contributed by atoms with Crippen LogP contribution in [0.2, 0.25) is 0 Å². The van der Waals surface area contributed by atoms with Crippen LogP contribution in [0.15, 0.2) is 23.1 Å². The molecular weight excluding hydrogens is 228 g/mol. The van der Waals surface area contributed by atoms with Crippen molar-refractivity contribution < 1.29 is 8.78 Å². The van der Waals surface area contributed by atoms with Gasteiger partial charge >= 0.3 is 0 Å². The van der Waals surface area contributed by atoms with Crippen molar-refractivity contribution in [1.29, 1.82) is 0 Å². The Morgan fingerprint density at radius 2 is 1.94 bits per heavy atom. The highest BCUT2D eigenvalue weighted by molar-refractivity contribution is 8.00. The number of nitrogen functional groups attached to an aromatic ring is 1. The molecule has 0 saturated heterocycles. The molecule has 0 radical (unpaired) electrons. The fraction of sp³-hybridized carbons (Fsp3) is 0.500. The van der Waals surface area contributed by atoms with Crippen molar-refractivity contribution in [1.82, 2.24) is 0 Å². The molecular formula is C12H15F2NS. The van der Waals surface area contributed by atoms with E-state index < -0.39 is 6.43 Å². The summed E-state index contributed by atoms with van der Waals surface area (Å²) in [6.07, 6.45) is 2.27. The monoisotopic (exact) mass is 243 g/mol. The molecule has 1 aliphatic carbocycles. The zero-order valence-electron chi connectivity index (χ0n) is 8.96. The second kappa shape index (κ2) is 5.04. The van der Waals surface area contributed by atoms with Gasteiger partial charge in [0.2, 0.25) is 0 Å². The van der Waals surface area contributed by atoms with Crippen LogP contribution in [0, 0.1) is 0 Å². The van der Waals surface area contributed by atoms with E-state index in [9.17, 15) is 8.78 Å². The summed E-state index contributed by atoms with van der Waals surface area (Å²) in [4.78, 5) is 0.691. The van der Waals surface area contributed by atoms with Gasteiger partial charge in [0, 0.05) is 21.4 Å². The third-order valence-electron chi connectivity index (χ3n) is 2.86. The summed E-state index contributed by atoms with van der Waals surface area (Å²) < 4.78 is 25.6. The summed E-state index contributed by atoms with van der Waals surface area (Å²) >= 11 is 1.58. The van der Waals surface area contributed by atoms with Crippen molar-refractivity contribution in [3.63, 3.8) is 0 Å². The fourth-order valence-electron chi connectivity index (χ4n) is 2.03. The first-order valence-corrected chi connectivity index (χ1v) is 6.39. The van der Waals surface area contributed by atoms with Crippen LogP contribution in [0.3, 0.4) is 0 Å². The molecule has 1 aromatic carbocycles. The first-order chi connectivity index (χ1) is 7.66. The molecule has 1 aromatic rings. The summed E-state index contributed by atoms with van der Waals surface area (Å²) in [7, 11) is 0. The third-order valence-corrected chi connectivity index (χ3v) is 4.30. The molecule has 1 saturated carbocycles. The Hall–Kier alpha value is -0.770. The summed E-state index contributed by atoms with van der Waals surface area (Å²) in [5.41, 5.74) is 6.02. The first kappa shape index (κ1) is 11.7. The van der Waals surface area contributed by atoms with Gasteiger partial charge in [0.05, 0.1) is 0 Å². The second-order valence-corrected chi connectivity index (χ2v) is 5.46. The minimum atomic E-state index is -2.44. The van der Waals surface area contributed by atoms with Gasteiger partial charge in [0.15, 0.2) is 0 Å². The summed E-state index contributed by atoms with van der Waals surface area (Å²) in [6.45, 7) is 0. The Morgan fingerprint density at radius 3 is 2.56 bits per heavy atom. The Kier molecular flexibility index (Phi) is 3.69. The van der Waals surface area contributed by atoms with E-state index in [2.05, 4.69) is 0 Å². The van der Waals surface area contributed by atoms with Crippen LogP contribution >= 0.6 is 11.8 Å². The third kappa shape index (κ3) is 2.67. The van der Waals surface area contributed by atoms with Gasteiger partial charge in [-0.15, -0.1) is 11.8 Å². The summed E-state index contributed by atoms with van der Waals surface area (Å²) in [6, 6.07) is 4.81. The Labute approximate surface area is 98.4 Å². The zero-order valence-corrected chi connectivity index (χ0v) is 9.77. The highest BCUT2D eigenvalue weighted by atomic mass is 32.2. The number of alkyl halides is 2. The minimum Gasteiger partial charge on any atom is -0.399 e. The smallest absolute Gasteiger partial charge is 0.265 e. The predicted octanol–water partition coefficient (Wildman–Crippen LogP) is 4.24. The minimum absolute atomic E-state index is 0.0805. The molecule has 0 aliphatic heterocycles. The Bertz CT molecular complexity index is 362. The van der Waals surface area contributed by atoms with Gasteiger partial charge in [0.25, 0.3) is 6.43 Å². The number of rotatable bonds is 3. The molecule has 16 heavy (non-hydrogen) atoms. The van der Waals surface area contributed by atoms with E-state index in [1.807, 2.05) is 0 Å². The quantitative estimate of drug-likeness (QED) is 0.803. The highest BCUT2D eigenvalue weighted by Gasteiger charge is 2.20. The average Bonchev–Trinajstić information content (AvgIpc) is 2.73. The molecule has 0 heterocycles. The molecule has 1 fully saturated rings. The normalized spacial score (nSPS) is 17.2. The molecule has 88 valence electrons. The van der Waals surface area contributed by atoms with Crippen molar-refractivity contribution in [3.8, 4) is 0 Å². The molecule has 0 atom stereocenters. The Balaban J connectivity index is 2.18. The summed E-state index contributed by atoms with van der Waals surface area (Å²) in [5, 5.41) is 0.501. The molecule has 0 amide bonds. The molecule has 0 spiro atoms. The van der Waals surface area contributed by atoms with Crippen molar-refractivity contribution in [2.45, 2.75) is 42.3 Å². The van der Waals surface area contributed by atoms with E-state index in [4.69, 9.17) is 5.73 Å². The molecule has 0 bridgehead atoms. The van der Waals surface area contributed by atoms with E-state index in [1.165, 1.54) is 18.9 Å². The molecule has 2 rings (SSSR count). The second-order valence-electron chi connectivity index (χ2n) is 4.12. The lowest BCUT2D eigenvalue weighted by molar-refractivity contribution is 0.148. The number of thioether (sulfide) groups is 1. The maximum absolute atomic E-state index is 12.8. The van der Waals surface area contributed by atoms with Crippen LogP contribution in [0.5, 0.6) is 0 Å². The van der Waals surface area contributed by atoms with Crippen molar-refractivity contribution >= 4 is 17.4 Å². The maximum Gasteiger partial charge on any atom is 0.265 e. The lowest BCUT2D eigenvalue weighted by Crippen LogP contribution is -1.98. The van der Waals surface area contributed by atoms with Crippen LogP contribution < -0.4 is 5.73 Å². The topological polar surface area (TPSA) is 26.0 Å². The van der Waals surface area contributed by atoms with Crippen molar-refractivity contribution in [2.24, 2.45) is 0 Å². The van der Waals surface area contributed by atoms with Crippen molar-refractivity contribution in [2.75, 3.05) is 5.73 Å². The van der Waals surface area contributed by atoms with Gasteiger partial charge in [-0.1, -0.05) is 12.8 Å². The highest BCUT2D eigenvalue weighted by Crippen LogP contribution is 2.39. The lowest BCUT2D eigenvalue weighted by Gasteiger charge is -2.13. The number of anilines is 1. The molecule has 0 aromatic heterocycles. The van der Waals surface area contributed by atoms with E-state index in [0.717, 1.165) is 12.8 Å². The van der Waals surface area contributed by atoms with Crippen LogP contribution in [0.25, 0.3) is 0 Å². The van der Waals surface area contributed by atoms with Crippen molar-refractivity contribution in [3.05, 3.63) is 23.8 Å². The van der Waals surface area contributed by atoms with Crippen LogP contribution in [-0.2, 0) is 0 Å². The summed E-state index contributed by atoms with van der Waals surface area (Å²) in [5.74, 6) is 0. The lowest BCUT2D eigenvalue weighted by atomic mass is 10.2. The first-order valence-electron chi connectivity index (χ1n) is 5.51. The Morgan fingerprint density at radius 1 is 1.25 bits per heavy atom. The van der Waals surface area contributed by atoms with E-state index in [1.54, 1.807) is 23.9 Å². The number of benzene rings is 1. The van der Waals surface area contributed by atoms with Crippen LogP contribution in [0.4, 0.5) is 14.5 Å². The fourth-order valence-corrected chi connectivity index (χ4v) is 3.39. The predicted molar refractivity (Wildman–Crippen MR) is 63.9 cm³/mol. The maximum atomic E-state index is 12.8. The largest absolute Gasteiger partial charge is 0.399 e. The van der Waals surface area contributed by atoms with Crippen LogP contribution in [-0.4, -0.2) is 5.25 Å². The number of halogens is 2. The zero-order chi connectivity index (χ0) is 11.5. The van der Waals surface area contributed by atoms with Gasteiger partial charge in [-0.2, -0.15) is 0 Å². The van der Waals surface area contributed by atoms with Gasteiger partial charge in [-0.3, -0.25) is 0 Å². The molecule has 0 unspecified atom stereocenters. The van der Waals surface area contributed by atoms with Gasteiger partial charge in [0.1, 0.15) is 0 Å². The standard InChI is InChI=1S/C12H15F2NS/c13-12(14)10-7-8(15)5-6-11(10)16-9-3-1-2-4-9/h5-7,9,12H,1-4,15H2. The number of hydrogen-bond donors (Lipinski definition) is 1. The molecule has 4 heteroatoms. The molecule has 1 aliphatic rings. The van der Waals surface area contributed by atoms with Gasteiger partial charge in [-0.05, 0) is 31.0 Å². The number of nitrogens with two attached hydrogens (primary N) is 1. The van der Waals surface area contributed by atoms with E-state index in [-0.39, 0.29) is 5.56 Å².